The van der Waals surface area contributed by atoms with Crippen molar-refractivity contribution >= 4 is 11.9 Å². The highest BCUT2D eigenvalue weighted by Gasteiger charge is 2.33. The molecule has 6 nitrogen and oxygen atoms in total. The Balaban J connectivity index is 1.73. The van der Waals surface area contributed by atoms with Gasteiger partial charge in [0.05, 0.1) is 5.92 Å². The average Bonchev–Trinajstić information content (AvgIpc) is 2.98. The molecule has 1 aromatic heterocycles. The summed E-state index contributed by atoms with van der Waals surface area (Å²) in [5, 5.41) is 15.8. The van der Waals surface area contributed by atoms with Gasteiger partial charge in [-0.3, -0.25) is 14.3 Å². The number of rotatable bonds is 5. The zero-order chi connectivity index (χ0) is 13.8. The van der Waals surface area contributed by atoms with Gasteiger partial charge in [0.25, 0.3) is 0 Å². The SMILES string of the molecule is Cn1nccc1CCNC(=O)C1CCC(C(=O)O)C1. The van der Waals surface area contributed by atoms with Gasteiger partial charge in [-0.2, -0.15) is 5.10 Å². The summed E-state index contributed by atoms with van der Waals surface area (Å²) in [7, 11) is 1.87. The fourth-order valence-corrected chi connectivity index (χ4v) is 2.55. The molecule has 6 heteroatoms. The first kappa shape index (κ1) is 13.6. The third-order valence-corrected chi connectivity index (χ3v) is 3.76. The van der Waals surface area contributed by atoms with E-state index in [1.54, 1.807) is 10.9 Å². The van der Waals surface area contributed by atoms with E-state index in [-0.39, 0.29) is 17.7 Å². The molecule has 1 amide bonds. The first-order valence-electron chi connectivity index (χ1n) is 6.55. The number of carbonyl (C=O) groups excluding carboxylic acids is 1. The minimum Gasteiger partial charge on any atom is -0.481 e. The Hall–Kier alpha value is -1.85. The van der Waals surface area contributed by atoms with E-state index in [0.717, 1.165) is 12.1 Å². The van der Waals surface area contributed by atoms with Crippen molar-refractivity contribution in [2.75, 3.05) is 6.54 Å². The van der Waals surface area contributed by atoms with Crippen LogP contribution in [0.3, 0.4) is 0 Å². The lowest BCUT2D eigenvalue weighted by atomic mass is 10.0. The number of hydrogen-bond donors (Lipinski definition) is 2. The van der Waals surface area contributed by atoms with Crippen LogP contribution in [-0.4, -0.2) is 33.3 Å². The molecule has 0 aliphatic heterocycles. The number of carboxylic acid groups (broad SMARTS) is 1. The molecule has 1 fully saturated rings. The number of aliphatic carboxylic acids is 1. The maximum atomic E-state index is 11.9. The van der Waals surface area contributed by atoms with E-state index in [2.05, 4.69) is 10.4 Å². The maximum Gasteiger partial charge on any atom is 0.306 e. The van der Waals surface area contributed by atoms with E-state index in [9.17, 15) is 9.59 Å². The zero-order valence-corrected chi connectivity index (χ0v) is 11.0. The molecule has 2 rings (SSSR count). The van der Waals surface area contributed by atoms with Gasteiger partial charge in [-0.1, -0.05) is 0 Å². The molecule has 2 atom stereocenters. The minimum absolute atomic E-state index is 0.0223. The molecule has 1 aliphatic carbocycles. The third kappa shape index (κ3) is 3.33. The molecule has 104 valence electrons. The molecule has 2 unspecified atom stereocenters. The summed E-state index contributed by atoms with van der Waals surface area (Å²) in [5.74, 6) is -1.31. The van der Waals surface area contributed by atoms with Crippen LogP contribution in [0.1, 0.15) is 25.0 Å². The molecule has 0 radical (unpaired) electrons. The monoisotopic (exact) mass is 265 g/mol. The van der Waals surface area contributed by atoms with E-state index in [1.165, 1.54) is 0 Å². The summed E-state index contributed by atoms with van der Waals surface area (Å²) in [4.78, 5) is 22.7. The summed E-state index contributed by atoms with van der Waals surface area (Å²) in [6.45, 7) is 0.562. The van der Waals surface area contributed by atoms with Crippen LogP contribution in [0.25, 0.3) is 0 Å². The predicted molar refractivity (Wildman–Crippen MR) is 68.4 cm³/mol. The molecule has 1 aliphatic rings. The average molecular weight is 265 g/mol. The van der Waals surface area contributed by atoms with E-state index in [0.29, 0.717) is 25.8 Å². The second kappa shape index (κ2) is 5.86. The Morgan fingerprint density at radius 1 is 1.47 bits per heavy atom. The van der Waals surface area contributed by atoms with Crippen LogP contribution in [0, 0.1) is 11.8 Å². The smallest absolute Gasteiger partial charge is 0.306 e. The normalized spacial score (nSPS) is 22.4. The van der Waals surface area contributed by atoms with Crippen molar-refractivity contribution in [2.24, 2.45) is 18.9 Å². The molecule has 1 aromatic rings. The highest BCUT2D eigenvalue weighted by atomic mass is 16.4. The Bertz CT molecular complexity index is 469. The van der Waals surface area contributed by atoms with Crippen LogP contribution in [0.2, 0.25) is 0 Å². The van der Waals surface area contributed by atoms with E-state index in [4.69, 9.17) is 5.11 Å². The molecule has 1 saturated carbocycles. The van der Waals surface area contributed by atoms with Gasteiger partial charge in [0, 0.05) is 37.8 Å². The van der Waals surface area contributed by atoms with Gasteiger partial charge in [-0.15, -0.1) is 0 Å². The van der Waals surface area contributed by atoms with Gasteiger partial charge in [-0.05, 0) is 25.3 Å². The van der Waals surface area contributed by atoms with Gasteiger partial charge in [0.15, 0.2) is 0 Å². The Kier molecular flexibility index (Phi) is 4.19. The lowest BCUT2D eigenvalue weighted by Crippen LogP contribution is -2.31. The quantitative estimate of drug-likeness (QED) is 0.815. The Morgan fingerprint density at radius 2 is 2.21 bits per heavy atom. The van der Waals surface area contributed by atoms with Crippen LogP contribution < -0.4 is 5.32 Å². The van der Waals surface area contributed by atoms with Gasteiger partial charge in [0.2, 0.25) is 5.91 Å². The number of aromatic nitrogens is 2. The molecule has 2 N–H and O–H groups in total. The molecule has 0 saturated heterocycles. The Labute approximate surface area is 111 Å². The third-order valence-electron chi connectivity index (χ3n) is 3.76. The molecule has 0 aromatic carbocycles. The number of hydrogen-bond acceptors (Lipinski definition) is 3. The van der Waals surface area contributed by atoms with Crippen molar-refractivity contribution < 1.29 is 14.7 Å². The van der Waals surface area contributed by atoms with Crippen LogP contribution >= 0.6 is 0 Å². The van der Waals surface area contributed by atoms with Crippen LogP contribution in [-0.2, 0) is 23.1 Å². The molecular formula is C13H19N3O3. The van der Waals surface area contributed by atoms with E-state index in [1.807, 2.05) is 13.1 Å². The lowest BCUT2D eigenvalue weighted by molar-refractivity contribution is -0.141. The second-order valence-electron chi connectivity index (χ2n) is 5.03. The molecule has 0 bridgehead atoms. The molecule has 1 heterocycles. The number of carbonyl (C=O) groups is 2. The fraction of sp³-hybridized carbons (Fsp3) is 0.615. The van der Waals surface area contributed by atoms with E-state index < -0.39 is 5.97 Å². The molecule has 0 spiro atoms. The minimum atomic E-state index is -0.787. The van der Waals surface area contributed by atoms with Crippen molar-refractivity contribution in [1.82, 2.24) is 15.1 Å². The standard InChI is InChI=1S/C13H19N3O3/c1-16-11(5-7-15-16)4-6-14-12(17)9-2-3-10(8-9)13(18)19/h5,7,9-10H,2-4,6,8H2,1H3,(H,14,17)(H,18,19). The van der Waals surface area contributed by atoms with Gasteiger partial charge in [0.1, 0.15) is 0 Å². The second-order valence-corrected chi connectivity index (χ2v) is 5.03. The van der Waals surface area contributed by atoms with E-state index >= 15 is 0 Å². The van der Waals surface area contributed by atoms with Gasteiger partial charge >= 0.3 is 5.97 Å². The number of nitrogens with zero attached hydrogens (tertiary/aromatic N) is 2. The number of carboxylic acids is 1. The first-order chi connectivity index (χ1) is 9.08. The first-order valence-corrected chi connectivity index (χ1v) is 6.55. The van der Waals surface area contributed by atoms with Crippen molar-refractivity contribution in [1.29, 1.82) is 0 Å². The summed E-state index contributed by atoms with van der Waals surface area (Å²) < 4.78 is 1.78. The number of aryl methyl sites for hydroxylation is 1. The highest BCUT2D eigenvalue weighted by molar-refractivity contribution is 5.80. The predicted octanol–water partition coefficient (Wildman–Crippen LogP) is 0.580. The topological polar surface area (TPSA) is 84.2 Å². The summed E-state index contributed by atoms with van der Waals surface area (Å²) in [6.07, 6.45) is 4.21. The zero-order valence-electron chi connectivity index (χ0n) is 11.0. The van der Waals surface area contributed by atoms with Gasteiger partial charge in [-0.25, -0.2) is 0 Å². The molecule has 19 heavy (non-hydrogen) atoms. The maximum absolute atomic E-state index is 11.9. The largest absolute Gasteiger partial charge is 0.481 e. The van der Waals surface area contributed by atoms with Gasteiger partial charge < -0.3 is 10.4 Å². The van der Waals surface area contributed by atoms with Crippen LogP contribution in [0.5, 0.6) is 0 Å². The van der Waals surface area contributed by atoms with Crippen LogP contribution in [0.4, 0.5) is 0 Å². The number of amides is 1. The van der Waals surface area contributed by atoms with Crippen molar-refractivity contribution in [2.45, 2.75) is 25.7 Å². The molecular weight excluding hydrogens is 246 g/mol. The van der Waals surface area contributed by atoms with Crippen molar-refractivity contribution in [3.63, 3.8) is 0 Å². The number of nitrogens with one attached hydrogen (secondary N) is 1. The summed E-state index contributed by atoms with van der Waals surface area (Å²) in [6, 6.07) is 1.92. The lowest BCUT2D eigenvalue weighted by Gasteiger charge is -2.10. The Morgan fingerprint density at radius 3 is 2.79 bits per heavy atom. The van der Waals surface area contributed by atoms with Crippen molar-refractivity contribution in [3.8, 4) is 0 Å². The summed E-state index contributed by atoms with van der Waals surface area (Å²) in [5.41, 5.74) is 1.06. The van der Waals surface area contributed by atoms with Crippen LogP contribution in [0.15, 0.2) is 12.3 Å². The summed E-state index contributed by atoms with van der Waals surface area (Å²) >= 11 is 0. The van der Waals surface area contributed by atoms with Crippen molar-refractivity contribution in [3.05, 3.63) is 18.0 Å². The highest BCUT2D eigenvalue weighted by Crippen LogP contribution is 2.30. The fourth-order valence-electron chi connectivity index (χ4n) is 2.55.